The van der Waals surface area contributed by atoms with E-state index in [9.17, 15) is 0 Å². The second-order valence-electron chi connectivity index (χ2n) is 12.9. The summed E-state index contributed by atoms with van der Waals surface area (Å²) < 4.78 is 6.16. The van der Waals surface area contributed by atoms with Gasteiger partial charge in [-0.1, -0.05) is 127 Å². The molecule has 0 saturated carbocycles. The maximum absolute atomic E-state index is 6.16. The average molecular weight is 642 g/mol. The van der Waals surface area contributed by atoms with E-state index in [1.165, 1.54) is 75.4 Å². The van der Waals surface area contributed by atoms with Crippen molar-refractivity contribution in [1.82, 2.24) is 0 Å². The molecule has 0 fully saturated rings. The second kappa shape index (κ2) is 10.2. The monoisotopic (exact) mass is 641 g/mol. The van der Waals surface area contributed by atoms with Crippen molar-refractivity contribution in [3.63, 3.8) is 0 Å². The number of benzene rings is 9. The van der Waals surface area contributed by atoms with Crippen LogP contribution in [0.2, 0.25) is 0 Å². The molecule has 0 bridgehead atoms. The second-order valence-corrected chi connectivity index (χ2v) is 13.9. The van der Waals surface area contributed by atoms with E-state index in [1.807, 2.05) is 23.9 Å². The third kappa shape index (κ3) is 3.97. The topological polar surface area (TPSA) is 16.4 Å². The zero-order valence-electron chi connectivity index (χ0n) is 26.4. The highest BCUT2D eigenvalue weighted by atomic mass is 32.2. The molecule has 3 heteroatoms. The number of nitrogens with zero attached hydrogens (tertiary/aromatic N) is 1. The van der Waals surface area contributed by atoms with E-state index in [0.29, 0.717) is 0 Å². The van der Waals surface area contributed by atoms with Crippen molar-refractivity contribution >= 4 is 93.9 Å². The molecular formula is C46H27NOS. The van der Waals surface area contributed by atoms with E-state index >= 15 is 0 Å². The van der Waals surface area contributed by atoms with Crippen molar-refractivity contribution < 1.29 is 4.42 Å². The van der Waals surface area contributed by atoms with Crippen molar-refractivity contribution in [1.29, 1.82) is 0 Å². The van der Waals surface area contributed by atoms with E-state index < -0.39 is 0 Å². The fourth-order valence-electron chi connectivity index (χ4n) is 7.93. The van der Waals surface area contributed by atoms with Crippen LogP contribution >= 0.6 is 11.8 Å². The van der Waals surface area contributed by atoms with Gasteiger partial charge >= 0.3 is 0 Å². The van der Waals surface area contributed by atoms with Crippen LogP contribution in [-0.4, -0.2) is 0 Å². The first kappa shape index (κ1) is 27.0. The van der Waals surface area contributed by atoms with Crippen LogP contribution in [-0.2, 0) is 0 Å². The summed E-state index contributed by atoms with van der Waals surface area (Å²) in [5, 5.41) is 12.5. The predicted molar refractivity (Wildman–Crippen MR) is 208 cm³/mol. The molecule has 49 heavy (non-hydrogen) atoms. The smallest absolute Gasteiger partial charge is 0.135 e. The van der Waals surface area contributed by atoms with E-state index in [2.05, 4.69) is 157 Å². The lowest BCUT2D eigenvalue weighted by Crippen LogP contribution is -2.15. The Balaban J connectivity index is 1.16. The van der Waals surface area contributed by atoms with Gasteiger partial charge in [-0.25, -0.2) is 0 Å². The summed E-state index contributed by atoms with van der Waals surface area (Å²) in [6.45, 7) is 0. The number of anilines is 3. The van der Waals surface area contributed by atoms with Crippen LogP contribution < -0.4 is 4.90 Å². The SMILES string of the molecule is c1ccc2c3c(ccc2c1)N(c1ccc2c4ccccc4c4ccccc4c2c1)c1cc(-c2ccc4oc5ccccc5c4c2)ccc1S3. The maximum atomic E-state index is 6.16. The Kier molecular flexibility index (Phi) is 5.63. The Morgan fingerprint density at radius 2 is 1.00 bits per heavy atom. The molecule has 1 aliphatic rings. The summed E-state index contributed by atoms with van der Waals surface area (Å²) >= 11 is 1.87. The molecule has 0 unspecified atom stereocenters. The van der Waals surface area contributed by atoms with Gasteiger partial charge < -0.3 is 9.32 Å². The molecule has 10 aromatic rings. The molecule has 0 atom stereocenters. The van der Waals surface area contributed by atoms with Crippen LogP contribution in [0.5, 0.6) is 0 Å². The molecule has 1 aromatic heterocycles. The highest BCUT2D eigenvalue weighted by Crippen LogP contribution is 2.55. The maximum Gasteiger partial charge on any atom is 0.135 e. The van der Waals surface area contributed by atoms with Crippen molar-refractivity contribution in [3.8, 4) is 11.1 Å². The van der Waals surface area contributed by atoms with Gasteiger partial charge in [0.25, 0.3) is 0 Å². The van der Waals surface area contributed by atoms with Crippen molar-refractivity contribution in [2.24, 2.45) is 0 Å². The van der Waals surface area contributed by atoms with Gasteiger partial charge in [0.1, 0.15) is 11.2 Å². The third-order valence-corrected chi connectivity index (χ3v) is 11.4. The van der Waals surface area contributed by atoms with Crippen LogP contribution in [0.15, 0.2) is 178 Å². The van der Waals surface area contributed by atoms with Gasteiger partial charge in [0, 0.05) is 26.3 Å². The summed E-state index contributed by atoms with van der Waals surface area (Å²) in [6, 6.07) is 59.7. The van der Waals surface area contributed by atoms with E-state index in [0.717, 1.165) is 27.6 Å². The van der Waals surface area contributed by atoms with Gasteiger partial charge in [-0.15, -0.1) is 0 Å². The van der Waals surface area contributed by atoms with Gasteiger partial charge in [-0.2, -0.15) is 0 Å². The quantitative estimate of drug-likeness (QED) is 0.175. The fourth-order valence-corrected chi connectivity index (χ4v) is 9.10. The normalized spacial score (nSPS) is 12.8. The number of rotatable bonds is 2. The predicted octanol–water partition coefficient (Wildman–Crippen LogP) is 13.8. The molecular weight excluding hydrogens is 615 g/mol. The highest BCUT2D eigenvalue weighted by Gasteiger charge is 2.27. The molecule has 2 nitrogen and oxygen atoms in total. The lowest BCUT2D eigenvalue weighted by molar-refractivity contribution is 0.669. The first-order valence-corrected chi connectivity index (χ1v) is 17.5. The zero-order chi connectivity index (χ0) is 32.1. The summed E-state index contributed by atoms with van der Waals surface area (Å²) in [5.41, 5.74) is 7.73. The number of furan rings is 1. The van der Waals surface area contributed by atoms with Gasteiger partial charge in [0.05, 0.1) is 11.4 Å². The number of fused-ring (bicyclic) bond motifs is 13. The molecule has 0 N–H and O–H groups in total. The molecule has 11 rings (SSSR count). The molecule has 9 aromatic carbocycles. The Labute approximate surface area is 286 Å². The Morgan fingerprint density at radius 3 is 1.80 bits per heavy atom. The minimum atomic E-state index is 0.914. The first-order chi connectivity index (χ1) is 24.3. The zero-order valence-corrected chi connectivity index (χ0v) is 27.2. The number of hydrogen-bond donors (Lipinski definition) is 0. The summed E-state index contributed by atoms with van der Waals surface area (Å²) in [6.07, 6.45) is 0. The molecule has 2 heterocycles. The molecule has 0 saturated heterocycles. The molecule has 1 aliphatic heterocycles. The Bertz CT molecular complexity index is 2960. The van der Waals surface area contributed by atoms with E-state index in [4.69, 9.17) is 4.42 Å². The number of hydrogen-bond acceptors (Lipinski definition) is 3. The standard InChI is InChI=1S/C46H27NOS/c1-2-10-32-28(9-1)17-22-41-46(32)49-45-24-19-30(29-18-23-44-40(25-29)38-15-7-8-16-43(38)48-44)26-42(45)47(41)31-20-21-37-35-13-4-3-11-33(35)34-12-5-6-14-36(34)39(37)27-31/h1-27H. The minimum absolute atomic E-state index is 0.914. The van der Waals surface area contributed by atoms with Crippen molar-refractivity contribution in [2.45, 2.75) is 9.79 Å². The minimum Gasteiger partial charge on any atom is -0.456 e. The summed E-state index contributed by atoms with van der Waals surface area (Å²) in [4.78, 5) is 5.01. The van der Waals surface area contributed by atoms with E-state index in [-0.39, 0.29) is 0 Å². The first-order valence-electron chi connectivity index (χ1n) is 16.7. The van der Waals surface area contributed by atoms with E-state index in [1.54, 1.807) is 0 Å². The Hall–Kier alpha value is -6.03. The third-order valence-electron chi connectivity index (χ3n) is 10.2. The van der Waals surface area contributed by atoms with Crippen LogP contribution in [0.4, 0.5) is 17.1 Å². The highest BCUT2D eigenvalue weighted by molar-refractivity contribution is 8.00. The number of para-hydroxylation sites is 1. The van der Waals surface area contributed by atoms with Crippen LogP contribution in [0.3, 0.4) is 0 Å². The summed E-state index contributed by atoms with van der Waals surface area (Å²) in [7, 11) is 0. The summed E-state index contributed by atoms with van der Waals surface area (Å²) in [5.74, 6) is 0. The largest absolute Gasteiger partial charge is 0.456 e. The van der Waals surface area contributed by atoms with Gasteiger partial charge in [0.2, 0.25) is 0 Å². The molecule has 0 spiro atoms. The van der Waals surface area contributed by atoms with Gasteiger partial charge in [-0.05, 0) is 103 Å². The molecule has 228 valence electrons. The van der Waals surface area contributed by atoms with Gasteiger partial charge in [-0.3, -0.25) is 0 Å². The fraction of sp³-hybridized carbons (Fsp3) is 0. The van der Waals surface area contributed by atoms with Crippen molar-refractivity contribution in [3.05, 3.63) is 164 Å². The van der Waals surface area contributed by atoms with Crippen LogP contribution in [0.1, 0.15) is 0 Å². The van der Waals surface area contributed by atoms with Crippen molar-refractivity contribution in [2.75, 3.05) is 4.90 Å². The molecule has 0 amide bonds. The lowest BCUT2D eigenvalue weighted by atomic mass is 9.94. The molecule has 0 aliphatic carbocycles. The van der Waals surface area contributed by atoms with Crippen LogP contribution in [0.25, 0.3) is 76.2 Å². The lowest BCUT2D eigenvalue weighted by Gasteiger charge is -2.34. The Morgan fingerprint density at radius 1 is 0.388 bits per heavy atom. The molecule has 0 radical (unpaired) electrons. The average Bonchev–Trinajstić information content (AvgIpc) is 3.55. The van der Waals surface area contributed by atoms with Gasteiger partial charge in [0.15, 0.2) is 0 Å². The van der Waals surface area contributed by atoms with Crippen LogP contribution in [0, 0.1) is 0 Å².